The van der Waals surface area contributed by atoms with Crippen molar-refractivity contribution < 1.29 is 4.79 Å². The van der Waals surface area contributed by atoms with Crippen molar-refractivity contribution in [2.75, 3.05) is 18.9 Å². The maximum Gasteiger partial charge on any atom is 0.272 e. The Morgan fingerprint density at radius 3 is 2.56 bits per heavy atom. The lowest BCUT2D eigenvalue weighted by molar-refractivity contribution is -0.113. The van der Waals surface area contributed by atoms with Crippen LogP contribution in [0, 0.1) is 5.92 Å². The van der Waals surface area contributed by atoms with Gasteiger partial charge >= 0.3 is 0 Å². The molecule has 0 spiro atoms. The zero-order valence-corrected chi connectivity index (χ0v) is 16.6. The normalized spacial score (nSPS) is 11.8. The summed E-state index contributed by atoms with van der Waals surface area (Å²) < 4.78 is 0. The first-order valence-corrected chi connectivity index (χ1v) is 9.39. The van der Waals surface area contributed by atoms with Gasteiger partial charge in [-0.3, -0.25) is 9.79 Å². The number of carbonyl (C=O) groups is 1. The Bertz CT molecular complexity index is 794. The first-order chi connectivity index (χ1) is 13.0. The molecule has 0 aliphatic rings. The highest BCUT2D eigenvalue weighted by Crippen LogP contribution is 2.16. The second kappa shape index (κ2) is 10.3. The van der Waals surface area contributed by atoms with E-state index in [4.69, 9.17) is 0 Å². The molecule has 2 aromatic carbocycles. The van der Waals surface area contributed by atoms with Crippen LogP contribution in [0.4, 0.5) is 5.69 Å². The maximum atomic E-state index is 12.9. The quantitative estimate of drug-likeness (QED) is 0.414. The Morgan fingerprint density at radius 1 is 1.15 bits per heavy atom. The third kappa shape index (κ3) is 6.74. The third-order valence-corrected chi connectivity index (χ3v) is 3.98. The predicted molar refractivity (Wildman–Crippen MR) is 115 cm³/mol. The van der Waals surface area contributed by atoms with Crippen LogP contribution in [0.25, 0.3) is 6.08 Å². The fourth-order valence-electron chi connectivity index (χ4n) is 2.75. The number of nitrogens with zero attached hydrogens (tertiary/aromatic N) is 2. The number of rotatable bonds is 8. The van der Waals surface area contributed by atoms with Gasteiger partial charge < -0.3 is 10.2 Å². The van der Waals surface area contributed by atoms with Crippen LogP contribution < -0.4 is 5.32 Å². The number of carbonyl (C=O) groups excluding carboxylic acids is 1. The van der Waals surface area contributed by atoms with Gasteiger partial charge in [-0.05, 0) is 48.6 Å². The molecule has 0 aliphatic carbocycles. The van der Waals surface area contributed by atoms with E-state index in [1.54, 1.807) is 11.2 Å². The summed E-state index contributed by atoms with van der Waals surface area (Å²) >= 11 is 0. The molecule has 0 bridgehead atoms. The van der Waals surface area contributed by atoms with Crippen LogP contribution in [-0.2, 0) is 11.2 Å². The van der Waals surface area contributed by atoms with Crippen molar-refractivity contribution in [2.24, 2.45) is 10.9 Å². The summed E-state index contributed by atoms with van der Waals surface area (Å²) in [5.41, 5.74) is 3.58. The molecule has 0 saturated heterocycles. The summed E-state index contributed by atoms with van der Waals surface area (Å²) in [5.74, 6) is 0.421. The largest absolute Gasteiger partial charge is 0.331 e. The lowest BCUT2D eigenvalue weighted by atomic mass is 10.0. The van der Waals surface area contributed by atoms with Crippen LogP contribution in [0.15, 0.2) is 65.3 Å². The molecule has 4 heteroatoms. The van der Waals surface area contributed by atoms with Crippen molar-refractivity contribution >= 4 is 24.0 Å². The van der Waals surface area contributed by atoms with E-state index in [9.17, 15) is 4.79 Å². The first-order valence-electron chi connectivity index (χ1n) is 9.39. The van der Waals surface area contributed by atoms with E-state index in [-0.39, 0.29) is 5.91 Å². The van der Waals surface area contributed by atoms with E-state index in [0.717, 1.165) is 17.7 Å². The van der Waals surface area contributed by atoms with Crippen LogP contribution >= 0.6 is 0 Å². The zero-order valence-electron chi connectivity index (χ0n) is 16.6. The van der Waals surface area contributed by atoms with Crippen molar-refractivity contribution in [3.8, 4) is 0 Å². The molecule has 0 heterocycles. The van der Waals surface area contributed by atoms with Crippen molar-refractivity contribution in [3.63, 3.8) is 0 Å². The van der Waals surface area contributed by atoms with Crippen molar-refractivity contribution in [2.45, 2.75) is 27.2 Å². The van der Waals surface area contributed by atoms with Crippen LogP contribution in [-0.4, -0.2) is 30.7 Å². The lowest BCUT2D eigenvalue weighted by Gasteiger charge is -2.18. The molecule has 0 atom stereocenters. The van der Waals surface area contributed by atoms with Gasteiger partial charge in [0.2, 0.25) is 0 Å². The molecule has 0 aliphatic heterocycles. The molecule has 4 nitrogen and oxygen atoms in total. The predicted octanol–water partition coefficient (Wildman–Crippen LogP) is 4.84. The van der Waals surface area contributed by atoms with E-state index in [2.05, 4.69) is 36.3 Å². The average Bonchev–Trinajstić information content (AvgIpc) is 2.64. The summed E-state index contributed by atoms with van der Waals surface area (Å²) in [6.45, 7) is 7.04. The Balaban J connectivity index is 2.32. The number of hydrogen-bond donors (Lipinski definition) is 1. The van der Waals surface area contributed by atoms with Gasteiger partial charge in [0, 0.05) is 19.3 Å². The fraction of sp³-hybridized carbons (Fsp3) is 0.304. The number of anilines is 1. The maximum absolute atomic E-state index is 12.9. The van der Waals surface area contributed by atoms with Gasteiger partial charge in [0.05, 0.1) is 6.34 Å². The Labute approximate surface area is 162 Å². The summed E-state index contributed by atoms with van der Waals surface area (Å²) in [6, 6.07) is 17.8. The monoisotopic (exact) mass is 363 g/mol. The molecule has 27 heavy (non-hydrogen) atoms. The van der Waals surface area contributed by atoms with Crippen LogP contribution in [0.5, 0.6) is 0 Å². The molecular weight excluding hydrogens is 334 g/mol. The highest BCUT2D eigenvalue weighted by atomic mass is 16.2. The average molecular weight is 364 g/mol. The Morgan fingerprint density at radius 2 is 1.89 bits per heavy atom. The number of aliphatic imine (C=N–C) groups is 1. The molecule has 2 aromatic rings. The standard InChI is InChI=1S/C23H29N3O/c1-5-24-17-26(4)22(23(27)25-21-12-7-6-8-13-21)16-20-11-9-10-19(15-20)14-18(2)3/h6-13,15-18H,5,14H2,1-4H3,(H,25,27)/b22-16-,24-17?. The second-order valence-corrected chi connectivity index (χ2v) is 6.92. The van der Waals surface area contributed by atoms with Crippen LogP contribution in [0.1, 0.15) is 31.9 Å². The summed E-state index contributed by atoms with van der Waals surface area (Å²) in [5, 5.41) is 2.96. The molecule has 0 aromatic heterocycles. The summed E-state index contributed by atoms with van der Waals surface area (Å²) in [4.78, 5) is 18.9. The van der Waals surface area contributed by atoms with Gasteiger partial charge in [-0.15, -0.1) is 0 Å². The molecule has 1 amide bonds. The highest BCUT2D eigenvalue weighted by molar-refractivity contribution is 6.07. The SMILES string of the molecule is CCN=CN(C)/C(=C\c1cccc(CC(C)C)c1)C(=O)Nc1ccccc1. The fourth-order valence-corrected chi connectivity index (χ4v) is 2.75. The minimum Gasteiger partial charge on any atom is -0.331 e. The van der Waals surface area contributed by atoms with Crippen molar-refractivity contribution in [1.82, 2.24) is 4.90 Å². The van der Waals surface area contributed by atoms with Gasteiger partial charge in [-0.2, -0.15) is 0 Å². The number of amides is 1. The van der Waals surface area contributed by atoms with E-state index >= 15 is 0 Å². The number of benzene rings is 2. The molecule has 0 fully saturated rings. The van der Waals surface area contributed by atoms with E-state index in [0.29, 0.717) is 18.2 Å². The van der Waals surface area contributed by atoms with Gasteiger partial charge in [0.15, 0.2) is 0 Å². The minimum atomic E-state index is -0.166. The highest BCUT2D eigenvalue weighted by Gasteiger charge is 2.14. The number of nitrogens with one attached hydrogen (secondary N) is 1. The van der Waals surface area contributed by atoms with Gasteiger partial charge in [0.1, 0.15) is 5.70 Å². The summed E-state index contributed by atoms with van der Waals surface area (Å²) in [6.07, 6.45) is 4.61. The molecule has 2 rings (SSSR count). The van der Waals surface area contributed by atoms with Crippen LogP contribution in [0.2, 0.25) is 0 Å². The third-order valence-electron chi connectivity index (χ3n) is 3.98. The Hall–Kier alpha value is -2.88. The van der Waals surface area contributed by atoms with Crippen molar-refractivity contribution in [3.05, 3.63) is 71.4 Å². The smallest absolute Gasteiger partial charge is 0.272 e. The lowest BCUT2D eigenvalue weighted by Crippen LogP contribution is -2.27. The van der Waals surface area contributed by atoms with E-state index in [1.807, 2.05) is 62.5 Å². The van der Waals surface area contributed by atoms with Gasteiger partial charge in [0.25, 0.3) is 5.91 Å². The van der Waals surface area contributed by atoms with Gasteiger partial charge in [-0.1, -0.05) is 56.3 Å². The molecular formula is C23H29N3O. The number of likely N-dealkylation sites (N-methyl/N-ethyl adjacent to an activating group) is 1. The summed E-state index contributed by atoms with van der Waals surface area (Å²) in [7, 11) is 1.84. The first kappa shape index (κ1) is 20.4. The molecule has 0 saturated carbocycles. The topological polar surface area (TPSA) is 44.7 Å². The van der Waals surface area contributed by atoms with E-state index in [1.165, 1.54) is 5.56 Å². The minimum absolute atomic E-state index is 0.166. The second-order valence-electron chi connectivity index (χ2n) is 6.92. The molecule has 0 radical (unpaired) electrons. The number of para-hydroxylation sites is 1. The molecule has 1 N–H and O–H groups in total. The zero-order chi connectivity index (χ0) is 19.6. The molecule has 0 unspecified atom stereocenters. The van der Waals surface area contributed by atoms with Crippen molar-refractivity contribution in [1.29, 1.82) is 0 Å². The van der Waals surface area contributed by atoms with E-state index < -0.39 is 0 Å². The molecule has 142 valence electrons. The number of hydrogen-bond acceptors (Lipinski definition) is 2. The van der Waals surface area contributed by atoms with Crippen LogP contribution in [0.3, 0.4) is 0 Å². The van der Waals surface area contributed by atoms with Gasteiger partial charge in [-0.25, -0.2) is 0 Å². The Kier molecular flexibility index (Phi) is 7.80.